The lowest BCUT2D eigenvalue weighted by atomic mass is 10.0. The van der Waals surface area contributed by atoms with Crippen LogP contribution in [0.3, 0.4) is 0 Å². The van der Waals surface area contributed by atoms with Crippen molar-refractivity contribution in [3.63, 3.8) is 0 Å². The molecule has 0 aliphatic heterocycles. The molecule has 0 fully saturated rings. The Morgan fingerprint density at radius 2 is 2.07 bits per heavy atom. The van der Waals surface area contributed by atoms with E-state index in [-0.39, 0.29) is 0 Å². The second-order valence-electron chi connectivity index (χ2n) is 3.07. The molecule has 1 rings (SSSR count). The van der Waals surface area contributed by atoms with E-state index in [4.69, 9.17) is 9.05 Å². The fourth-order valence-corrected chi connectivity index (χ4v) is 1.87. The molecule has 0 spiro atoms. The SMILES string of the molecule is COP(=O)(C#CC1=CCCCC1)OC. The summed E-state index contributed by atoms with van der Waals surface area (Å²) in [6.07, 6.45) is 6.50. The maximum absolute atomic E-state index is 11.5. The van der Waals surface area contributed by atoms with Gasteiger partial charge in [0, 0.05) is 19.9 Å². The highest BCUT2D eigenvalue weighted by Gasteiger charge is 2.16. The largest absolute Gasteiger partial charge is 0.405 e. The van der Waals surface area contributed by atoms with E-state index in [1.165, 1.54) is 20.6 Å². The summed E-state index contributed by atoms with van der Waals surface area (Å²) in [5.41, 5.74) is 3.60. The maximum Gasteiger partial charge on any atom is 0.405 e. The van der Waals surface area contributed by atoms with Gasteiger partial charge in [0.1, 0.15) is 0 Å². The Kier molecular flexibility index (Phi) is 4.41. The van der Waals surface area contributed by atoms with E-state index >= 15 is 0 Å². The summed E-state index contributed by atoms with van der Waals surface area (Å²) in [6, 6.07) is 0. The first-order valence-electron chi connectivity index (χ1n) is 4.64. The third kappa shape index (κ3) is 3.31. The Hall–Kier alpha value is -0.550. The smallest absolute Gasteiger partial charge is 0.303 e. The Bertz CT molecular complexity index is 314. The second kappa shape index (κ2) is 5.36. The van der Waals surface area contributed by atoms with E-state index in [0.29, 0.717) is 0 Å². The standard InChI is InChI=1S/C10H15O3P/c1-12-14(11,13-2)9-8-10-6-4-3-5-7-10/h6H,3-5,7H2,1-2H3. The van der Waals surface area contributed by atoms with Crippen molar-refractivity contribution in [2.24, 2.45) is 0 Å². The zero-order valence-corrected chi connectivity index (χ0v) is 9.47. The van der Waals surface area contributed by atoms with Crippen LogP contribution >= 0.6 is 7.60 Å². The fraction of sp³-hybridized carbons (Fsp3) is 0.600. The Morgan fingerprint density at radius 1 is 1.36 bits per heavy atom. The van der Waals surface area contributed by atoms with E-state index in [2.05, 4.69) is 17.7 Å². The van der Waals surface area contributed by atoms with Gasteiger partial charge in [-0.2, -0.15) is 0 Å². The van der Waals surface area contributed by atoms with Crippen molar-refractivity contribution < 1.29 is 13.6 Å². The molecule has 0 aromatic rings. The summed E-state index contributed by atoms with van der Waals surface area (Å²) >= 11 is 0. The van der Waals surface area contributed by atoms with Crippen LogP contribution in [0, 0.1) is 11.6 Å². The van der Waals surface area contributed by atoms with Crippen LogP contribution in [0.15, 0.2) is 11.6 Å². The average molecular weight is 214 g/mol. The monoisotopic (exact) mass is 214 g/mol. The van der Waals surface area contributed by atoms with Gasteiger partial charge in [-0.05, 0) is 31.3 Å². The molecule has 0 unspecified atom stereocenters. The van der Waals surface area contributed by atoms with Crippen molar-refractivity contribution in [2.75, 3.05) is 14.2 Å². The predicted molar refractivity (Wildman–Crippen MR) is 56.0 cm³/mol. The first-order valence-corrected chi connectivity index (χ1v) is 6.18. The molecule has 0 saturated heterocycles. The maximum atomic E-state index is 11.5. The summed E-state index contributed by atoms with van der Waals surface area (Å²) in [7, 11) is -0.467. The number of rotatable bonds is 2. The van der Waals surface area contributed by atoms with Crippen LogP contribution in [-0.4, -0.2) is 14.2 Å². The molecular weight excluding hydrogens is 199 g/mol. The van der Waals surface area contributed by atoms with Crippen LogP contribution in [0.5, 0.6) is 0 Å². The molecule has 1 aliphatic rings. The van der Waals surface area contributed by atoms with Crippen molar-refractivity contribution in [3.8, 4) is 11.6 Å². The number of allylic oxidation sites excluding steroid dienone is 2. The van der Waals surface area contributed by atoms with Gasteiger partial charge in [-0.25, -0.2) is 4.57 Å². The molecule has 78 valence electrons. The first kappa shape index (κ1) is 11.5. The van der Waals surface area contributed by atoms with Gasteiger partial charge in [-0.3, -0.25) is 0 Å². The van der Waals surface area contributed by atoms with Gasteiger partial charge in [-0.15, -0.1) is 0 Å². The summed E-state index contributed by atoms with van der Waals surface area (Å²) in [4.78, 5) is 0. The molecule has 0 amide bonds. The molecule has 1 aliphatic carbocycles. The van der Waals surface area contributed by atoms with Crippen molar-refractivity contribution in [2.45, 2.75) is 25.7 Å². The van der Waals surface area contributed by atoms with Crippen molar-refractivity contribution in [1.82, 2.24) is 0 Å². The predicted octanol–water partition coefficient (Wildman–Crippen LogP) is 2.93. The van der Waals surface area contributed by atoms with E-state index in [9.17, 15) is 4.57 Å². The molecule has 0 N–H and O–H groups in total. The van der Waals surface area contributed by atoms with Crippen LogP contribution in [0.4, 0.5) is 0 Å². The number of hydrogen-bond acceptors (Lipinski definition) is 3. The van der Waals surface area contributed by atoms with Gasteiger partial charge in [0.25, 0.3) is 0 Å². The van der Waals surface area contributed by atoms with E-state index in [0.717, 1.165) is 24.8 Å². The lowest BCUT2D eigenvalue weighted by Gasteiger charge is -2.07. The van der Waals surface area contributed by atoms with Gasteiger partial charge in [0.05, 0.1) is 0 Å². The van der Waals surface area contributed by atoms with Crippen LogP contribution in [0.2, 0.25) is 0 Å². The highest BCUT2D eigenvalue weighted by molar-refractivity contribution is 7.59. The van der Waals surface area contributed by atoms with Gasteiger partial charge < -0.3 is 9.05 Å². The van der Waals surface area contributed by atoms with Crippen LogP contribution in [0.25, 0.3) is 0 Å². The quantitative estimate of drug-likeness (QED) is 0.523. The van der Waals surface area contributed by atoms with Crippen molar-refractivity contribution in [3.05, 3.63) is 11.6 Å². The normalized spacial score (nSPS) is 16.9. The molecule has 0 atom stereocenters. The second-order valence-corrected chi connectivity index (χ2v) is 5.02. The van der Waals surface area contributed by atoms with Gasteiger partial charge >= 0.3 is 7.60 Å². The van der Waals surface area contributed by atoms with E-state index < -0.39 is 7.60 Å². The highest BCUT2D eigenvalue weighted by Crippen LogP contribution is 2.44. The minimum absolute atomic E-state index is 0.973. The van der Waals surface area contributed by atoms with Crippen molar-refractivity contribution >= 4 is 7.60 Å². The number of hydrogen-bond donors (Lipinski definition) is 0. The lowest BCUT2D eigenvalue weighted by Crippen LogP contribution is -1.89. The molecule has 0 heterocycles. The first-order chi connectivity index (χ1) is 6.70. The Morgan fingerprint density at radius 3 is 2.57 bits per heavy atom. The minimum Gasteiger partial charge on any atom is -0.303 e. The topological polar surface area (TPSA) is 35.5 Å². The minimum atomic E-state index is -3.15. The van der Waals surface area contributed by atoms with Crippen LogP contribution < -0.4 is 0 Å². The van der Waals surface area contributed by atoms with Crippen LogP contribution in [0.1, 0.15) is 25.7 Å². The molecular formula is C10H15O3P. The van der Waals surface area contributed by atoms with Crippen molar-refractivity contribution in [1.29, 1.82) is 0 Å². The molecule has 4 heteroatoms. The third-order valence-electron chi connectivity index (χ3n) is 2.13. The molecule has 14 heavy (non-hydrogen) atoms. The third-order valence-corrected chi connectivity index (χ3v) is 3.47. The zero-order chi connectivity index (χ0) is 10.4. The average Bonchev–Trinajstić information content (AvgIpc) is 2.27. The van der Waals surface area contributed by atoms with Gasteiger partial charge in [0.15, 0.2) is 0 Å². The Balaban J connectivity index is 2.70. The van der Waals surface area contributed by atoms with E-state index in [1.807, 2.05) is 0 Å². The molecule has 0 bridgehead atoms. The van der Waals surface area contributed by atoms with Crippen LogP contribution in [-0.2, 0) is 13.6 Å². The lowest BCUT2D eigenvalue weighted by molar-refractivity contribution is 0.288. The Labute approximate surface area is 85.0 Å². The van der Waals surface area contributed by atoms with E-state index in [1.54, 1.807) is 0 Å². The summed E-state index contributed by atoms with van der Waals surface area (Å²) in [5, 5.41) is 0. The van der Waals surface area contributed by atoms with Gasteiger partial charge in [0.2, 0.25) is 0 Å². The molecule has 0 radical (unpaired) electrons. The molecule has 0 aromatic heterocycles. The molecule has 0 saturated carbocycles. The molecule has 0 aromatic carbocycles. The summed E-state index contributed by atoms with van der Waals surface area (Å²) in [5.74, 6) is 2.86. The summed E-state index contributed by atoms with van der Waals surface area (Å²) in [6.45, 7) is 0. The summed E-state index contributed by atoms with van der Waals surface area (Å²) < 4.78 is 21.0. The molecule has 3 nitrogen and oxygen atoms in total. The highest BCUT2D eigenvalue weighted by atomic mass is 31.2. The van der Waals surface area contributed by atoms with Gasteiger partial charge in [-0.1, -0.05) is 12.0 Å². The fourth-order valence-electron chi connectivity index (χ4n) is 1.26. The zero-order valence-electron chi connectivity index (χ0n) is 8.58.